The lowest BCUT2D eigenvalue weighted by molar-refractivity contribution is -0.426. The molecule has 49 heavy (non-hydrogen) atoms. The second-order valence-electron chi connectivity index (χ2n) is 12.3. The number of halogens is 4. The number of benzene rings is 2. The standard InChI is InChI=1S/C34H30F4N7O3S/c1-4-27(46)45-19(2)14-41(15-20(45)3)31-24-13-25(34(36,37)38)28(22-8-10-23(35)11-9-22)30-29(24)43(32(47)39-31)16-21(18-49-30)17-44-33(48)42-12-6-5-7-26(42)40-44/h4-13,17,19-21H,1,14-16,18H2,2-3H3/q+1/b44-17+/t19-,20+,21?. The predicted octanol–water partition coefficient (Wildman–Crippen LogP) is 5.47. The topological polar surface area (TPSA) is 94.1 Å². The number of nitrogens with zero attached hydrogens (tertiary/aromatic N) is 7. The van der Waals surface area contributed by atoms with Gasteiger partial charge in [0, 0.05) is 65.3 Å². The highest BCUT2D eigenvalue weighted by Crippen LogP contribution is 2.48. The van der Waals surface area contributed by atoms with E-state index in [1.165, 1.54) is 32.4 Å². The molecule has 7 rings (SSSR count). The number of piperazine rings is 1. The molecule has 1 fully saturated rings. The highest BCUT2D eigenvalue weighted by molar-refractivity contribution is 7.99. The zero-order valence-electron chi connectivity index (χ0n) is 26.4. The fraction of sp³-hybridized carbons (Fsp3) is 0.294. The summed E-state index contributed by atoms with van der Waals surface area (Å²) in [5.41, 5.74) is -1.42. The minimum Gasteiger partial charge on any atom is -0.352 e. The van der Waals surface area contributed by atoms with Crippen molar-refractivity contribution in [3.05, 3.63) is 89.3 Å². The first kappa shape index (κ1) is 32.5. The van der Waals surface area contributed by atoms with E-state index < -0.39 is 35.2 Å². The van der Waals surface area contributed by atoms with E-state index in [0.29, 0.717) is 5.84 Å². The van der Waals surface area contributed by atoms with Gasteiger partial charge in [-0.05, 0) is 54.9 Å². The summed E-state index contributed by atoms with van der Waals surface area (Å²) in [6.07, 6.45) is 4.63. The first-order chi connectivity index (χ1) is 23.3. The summed E-state index contributed by atoms with van der Waals surface area (Å²) in [4.78, 5) is 49.0. The van der Waals surface area contributed by atoms with Gasteiger partial charge in [-0.25, -0.2) is 9.18 Å². The molecule has 1 saturated heterocycles. The number of urea groups is 1. The average Bonchev–Trinajstić information content (AvgIpc) is 3.24. The number of thioether (sulfide) groups is 1. The maximum absolute atomic E-state index is 15.0. The number of hydrazone groups is 1. The van der Waals surface area contributed by atoms with Crippen LogP contribution in [0.15, 0.2) is 82.2 Å². The van der Waals surface area contributed by atoms with Crippen molar-refractivity contribution < 1.29 is 31.8 Å². The Hall–Kier alpha value is -5.05. The molecule has 1 aromatic heterocycles. The highest BCUT2D eigenvalue weighted by Gasteiger charge is 2.41. The first-order valence-electron chi connectivity index (χ1n) is 15.5. The van der Waals surface area contributed by atoms with Gasteiger partial charge in [0.2, 0.25) is 5.91 Å². The molecule has 252 valence electrons. The van der Waals surface area contributed by atoms with Crippen LogP contribution in [-0.4, -0.2) is 78.9 Å². The molecule has 3 aromatic rings. The third-order valence-electron chi connectivity index (χ3n) is 8.95. The molecular formula is C34H30F4N7O3S+. The molecule has 0 N–H and O–H groups in total. The quantitative estimate of drug-likeness (QED) is 0.205. The van der Waals surface area contributed by atoms with Crippen LogP contribution in [0.1, 0.15) is 19.4 Å². The number of amidine groups is 1. The van der Waals surface area contributed by atoms with Gasteiger partial charge in [0.25, 0.3) is 5.84 Å². The summed E-state index contributed by atoms with van der Waals surface area (Å²) in [6, 6.07) is 4.63. The van der Waals surface area contributed by atoms with Gasteiger partial charge < -0.3 is 9.80 Å². The smallest absolute Gasteiger partial charge is 0.352 e. The third-order valence-corrected chi connectivity index (χ3v) is 10.2. The number of anilines is 1. The summed E-state index contributed by atoms with van der Waals surface area (Å²) in [7, 11) is 0. The summed E-state index contributed by atoms with van der Waals surface area (Å²) < 4.78 is 61.7. The maximum Gasteiger partial charge on any atom is 0.529 e. The largest absolute Gasteiger partial charge is 0.529 e. The molecule has 0 aliphatic carbocycles. The molecular weight excluding hydrogens is 662 g/mol. The molecule has 0 spiro atoms. The van der Waals surface area contributed by atoms with Crippen LogP contribution in [0.4, 0.5) is 28.2 Å². The lowest BCUT2D eigenvalue weighted by Gasteiger charge is -2.44. The van der Waals surface area contributed by atoms with Gasteiger partial charge in [-0.15, -0.1) is 16.7 Å². The molecule has 5 heterocycles. The summed E-state index contributed by atoms with van der Waals surface area (Å²) >= 11 is 1.13. The molecule has 0 saturated carbocycles. The van der Waals surface area contributed by atoms with E-state index in [0.717, 1.165) is 30.0 Å². The molecule has 4 aliphatic heterocycles. The van der Waals surface area contributed by atoms with Crippen LogP contribution >= 0.6 is 11.8 Å². The number of allylic oxidation sites excluding steroid dienone is 2. The molecule has 1 unspecified atom stereocenters. The normalized spacial score (nSPS) is 22.9. The number of rotatable bonds is 4. The van der Waals surface area contributed by atoms with Crippen LogP contribution < -0.4 is 10.6 Å². The van der Waals surface area contributed by atoms with Gasteiger partial charge in [-0.2, -0.15) is 22.9 Å². The molecule has 3 amide bonds. The number of hydrogen-bond donors (Lipinski definition) is 0. The van der Waals surface area contributed by atoms with Crippen molar-refractivity contribution in [3.63, 3.8) is 0 Å². The second kappa shape index (κ2) is 12.1. The Labute approximate surface area is 282 Å². The van der Waals surface area contributed by atoms with E-state index >= 15 is 13.2 Å². The summed E-state index contributed by atoms with van der Waals surface area (Å²) in [5.74, 6) is -0.726. The number of aromatic nitrogens is 2. The van der Waals surface area contributed by atoms with Gasteiger partial charge in [0.1, 0.15) is 24.0 Å². The van der Waals surface area contributed by atoms with E-state index in [4.69, 9.17) is 0 Å². The van der Waals surface area contributed by atoms with Crippen molar-refractivity contribution in [2.75, 3.05) is 23.7 Å². The molecule has 10 nitrogen and oxygen atoms in total. The Balaban J connectivity index is 1.43. The van der Waals surface area contributed by atoms with Crippen molar-refractivity contribution in [1.29, 1.82) is 0 Å². The van der Waals surface area contributed by atoms with Gasteiger partial charge >= 0.3 is 17.9 Å². The zero-order chi connectivity index (χ0) is 34.8. The van der Waals surface area contributed by atoms with Gasteiger partial charge in [0.15, 0.2) is 0 Å². The monoisotopic (exact) mass is 692 g/mol. The Bertz CT molecular complexity index is 2090. The zero-order valence-corrected chi connectivity index (χ0v) is 27.2. The van der Waals surface area contributed by atoms with Crippen LogP contribution in [0.2, 0.25) is 0 Å². The highest BCUT2D eigenvalue weighted by atomic mass is 32.2. The number of fused-ring (bicyclic) bond motifs is 1. The Morgan fingerprint density at radius 3 is 2.45 bits per heavy atom. The van der Waals surface area contributed by atoms with Crippen molar-refractivity contribution in [3.8, 4) is 11.1 Å². The minimum absolute atomic E-state index is 0.00552. The Morgan fingerprint density at radius 2 is 1.80 bits per heavy atom. The lowest BCUT2D eigenvalue weighted by atomic mass is 9.96. The molecule has 4 aliphatic rings. The SMILES string of the molecule is C=CC(=O)N1[C@H](C)CN(c2nc(=O)n3c4c(c(-c5ccc(F)cc5)c(C(F)(F)F)cc24)SCC(/C=[N+]2/N=C4C=CC=CN4C2=O)C3)C[C@@H]1C. The van der Waals surface area contributed by atoms with Gasteiger partial charge in [0.05, 0.1) is 11.1 Å². The molecule has 3 atom stereocenters. The lowest BCUT2D eigenvalue weighted by Crippen LogP contribution is -2.58. The second-order valence-corrected chi connectivity index (χ2v) is 13.3. The number of carbonyl (C=O) groups excluding carboxylic acids is 2. The third kappa shape index (κ3) is 5.65. The van der Waals surface area contributed by atoms with Crippen LogP contribution in [0.5, 0.6) is 0 Å². The first-order valence-corrected chi connectivity index (χ1v) is 16.5. The van der Waals surface area contributed by atoms with E-state index in [1.807, 2.05) is 13.8 Å². The van der Waals surface area contributed by atoms with Crippen LogP contribution in [-0.2, 0) is 17.5 Å². The Morgan fingerprint density at radius 1 is 1.08 bits per heavy atom. The van der Waals surface area contributed by atoms with Crippen molar-refractivity contribution in [2.45, 2.75) is 43.5 Å². The summed E-state index contributed by atoms with van der Waals surface area (Å²) in [5, 5.41) is 4.48. The molecule has 0 radical (unpaired) electrons. The molecule has 15 heteroatoms. The van der Waals surface area contributed by atoms with Gasteiger partial charge in [-0.3, -0.25) is 9.36 Å². The number of carbonyl (C=O) groups is 2. The predicted molar refractivity (Wildman–Crippen MR) is 178 cm³/mol. The molecule has 0 bridgehead atoms. The van der Waals surface area contributed by atoms with E-state index in [9.17, 15) is 18.8 Å². The van der Waals surface area contributed by atoms with E-state index in [2.05, 4.69) is 16.7 Å². The van der Waals surface area contributed by atoms with Crippen molar-refractivity contribution in [2.24, 2.45) is 11.0 Å². The average molecular weight is 693 g/mol. The maximum atomic E-state index is 15.0. The van der Waals surface area contributed by atoms with E-state index in [1.54, 1.807) is 40.4 Å². The van der Waals surface area contributed by atoms with Crippen molar-refractivity contribution >= 4 is 52.5 Å². The number of amides is 3. The van der Waals surface area contributed by atoms with Crippen LogP contribution in [0.3, 0.4) is 0 Å². The Kier molecular flexibility index (Phi) is 8.04. The number of alkyl halides is 3. The minimum atomic E-state index is -4.83. The summed E-state index contributed by atoms with van der Waals surface area (Å²) in [6.45, 7) is 7.65. The fourth-order valence-electron chi connectivity index (χ4n) is 6.91. The van der Waals surface area contributed by atoms with Gasteiger partial charge in [-0.1, -0.05) is 29.5 Å². The van der Waals surface area contributed by atoms with Crippen LogP contribution in [0.25, 0.3) is 22.0 Å². The van der Waals surface area contributed by atoms with Crippen LogP contribution in [0, 0.1) is 11.7 Å². The fourth-order valence-corrected chi connectivity index (χ4v) is 8.21. The number of hydrogen-bond acceptors (Lipinski definition) is 7. The van der Waals surface area contributed by atoms with Crippen molar-refractivity contribution in [1.82, 2.24) is 19.4 Å². The van der Waals surface area contributed by atoms with E-state index in [-0.39, 0.29) is 76.1 Å². The molecule has 2 aromatic carbocycles.